The van der Waals surface area contributed by atoms with Gasteiger partial charge in [0.2, 0.25) is 0 Å². The number of hydrogen-bond donors (Lipinski definition) is 0. The third-order valence-electron chi connectivity index (χ3n) is 5.96. The summed E-state index contributed by atoms with van der Waals surface area (Å²) in [5, 5.41) is 0. The van der Waals surface area contributed by atoms with Crippen LogP contribution >= 0.6 is 0 Å². The maximum absolute atomic E-state index is 2.56. The maximum Gasteiger partial charge on any atom is -0.0329 e. The van der Waals surface area contributed by atoms with Gasteiger partial charge in [0.1, 0.15) is 0 Å². The molecule has 0 aromatic rings. The molecule has 0 radical (unpaired) electrons. The Morgan fingerprint density at radius 2 is 1.56 bits per heavy atom. The van der Waals surface area contributed by atoms with E-state index in [0.29, 0.717) is 0 Å². The molecule has 94 valence electrons. The fourth-order valence-electron chi connectivity index (χ4n) is 4.77. The first-order valence-electron chi connectivity index (χ1n) is 7.65. The van der Waals surface area contributed by atoms with E-state index in [2.05, 4.69) is 27.7 Å². The Kier molecular flexibility index (Phi) is 3.97. The molecule has 2 aliphatic rings. The van der Waals surface area contributed by atoms with Gasteiger partial charge in [0.25, 0.3) is 0 Å². The van der Waals surface area contributed by atoms with Crippen molar-refractivity contribution in [2.75, 3.05) is 0 Å². The van der Waals surface area contributed by atoms with Gasteiger partial charge < -0.3 is 0 Å². The third kappa shape index (κ3) is 2.17. The van der Waals surface area contributed by atoms with Crippen LogP contribution < -0.4 is 0 Å². The Bertz CT molecular complexity index is 218. The van der Waals surface area contributed by atoms with Gasteiger partial charge in [-0.1, -0.05) is 47.0 Å². The molecular formula is C16H30. The molecule has 2 saturated carbocycles. The molecule has 2 aliphatic carbocycles. The normalized spacial score (nSPS) is 48.8. The van der Waals surface area contributed by atoms with Gasteiger partial charge in [-0.25, -0.2) is 0 Å². The topological polar surface area (TPSA) is 0 Å². The van der Waals surface area contributed by atoms with Crippen LogP contribution in [0.2, 0.25) is 0 Å². The molecule has 0 heteroatoms. The van der Waals surface area contributed by atoms with Gasteiger partial charge in [-0.2, -0.15) is 0 Å². The fourth-order valence-corrected chi connectivity index (χ4v) is 4.77. The van der Waals surface area contributed by atoms with E-state index in [0.717, 1.165) is 35.5 Å². The lowest BCUT2D eigenvalue weighted by molar-refractivity contribution is -0.00216. The van der Waals surface area contributed by atoms with Crippen LogP contribution in [0.4, 0.5) is 0 Å². The molecule has 0 N–H and O–H groups in total. The van der Waals surface area contributed by atoms with E-state index in [1.54, 1.807) is 0 Å². The van der Waals surface area contributed by atoms with Crippen molar-refractivity contribution >= 4 is 0 Å². The van der Waals surface area contributed by atoms with Crippen molar-refractivity contribution in [2.45, 2.75) is 66.2 Å². The molecule has 0 nitrogen and oxygen atoms in total. The Hall–Kier alpha value is 0. The lowest BCUT2D eigenvalue weighted by atomic mass is 9.56. The molecule has 0 bridgehead atoms. The van der Waals surface area contributed by atoms with E-state index in [-0.39, 0.29) is 0 Å². The molecule has 0 amide bonds. The molecular weight excluding hydrogens is 192 g/mol. The highest BCUT2D eigenvalue weighted by molar-refractivity contribution is 4.92. The Morgan fingerprint density at radius 3 is 2.25 bits per heavy atom. The van der Waals surface area contributed by atoms with Crippen LogP contribution in [-0.4, -0.2) is 0 Å². The zero-order valence-corrected chi connectivity index (χ0v) is 11.7. The summed E-state index contributed by atoms with van der Waals surface area (Å²) in [6, 6.07) is 0. The van der Waals surface area contributed by atoms with Gasteiger partial charge in [0.05, 0.1) is 0 Å². The van der Waals surface area contributed by atoms with Crippen LogP contribution in [0, 0.1) is 35.5 Å². The summed E-state index contributed by atoms with van der Waals surface area (Å²) in [6.45, 7) is 9.93. The smallest absolute Gasteiger partial charge is 0.0329 e. The molecule has 0 aliphatic heterocycles. The Morgan fingerprint density at radius 1 is 0.875 bits per heavy atom. The van der Waals surface area contributed by atoms with Crippen LogP contribution in [0.3, 0.4) is 0 Å². The first kappa shape index (κ1) is 12.5. The monoisotopic (exact) mass is 222 g/mol. The van der Waals surface area contributed by atoms with Gasteiger partial charge >= 0.3 is 0 Å². The molecule has 6 unspecified atom stereocenters. The van der Waals surface area contributed by atoms with Crippen molar-refractivity contribution in [3.05, 3.63) is 0 Å². The molecule has 0 aromatic heterocycles. The number of hydrogen-bond acceptors (Lipinski definition) is 0. The van der Waals surface area contributed by atoms with Crippen molar-refractivity contribution in [3.63, 3.8) is 0 Å². The quantitative estimate of drug-likeness (QED) is 0.607. The largest absolute Gasteiger partial charge is 0.0654 e. The maximum atomic E-state index is 2.56. The zero-order valence-electron chi connectivity index (χ0n) is 11.7. The summed E-state index contributed by atoms with van der Waals surface area (Å²) in [7, 11) is 0. The van der Waals surface area contributed by atoms with Crippen LogP contribution in [0.1, 0.15) is 66.2 Å². The molecule has 2 fully saturated rings. The predicted molar refractivity (Wildman–Crippen MR) is 71.3 cm³/mol. The first-order valence-corrected chi connectivity index (χ1v) is 7.65. The second-order valence-electron chi connectivity index (χ2n) is 6.74. The van der Waals surface area contributed by atoms with Crippen molar-refractivity contribution in [2.24, 2.45) is 35.5 Å². The summed E-state index contributed by atoms with van der Waals surface area (Å²) in [5.41, 5.74) is 0. The van der Waals surface area contributed by atoms with Crippen LogP contribution in [0.15, 0.2) is 0 Å². The highest BCUT2D eigenvalue weighted by atomic mass is 14.5. The van der Waals surface area contributed by atoms with Crippen molar-refractivity contribution in [1.29, 1.82) is 0 Å². The van der Waals surface area contributed by atoms with E-state index >= 15 is 0 Å². The van der Waals surface area contributed by atoms with Gasteiger partial charge in [-0.15, -0.1) is 0 Å². The molecule has 6 atom stereocenters. The highest BCUT2D eigenvalue weighted by Crippen LogP contribution is 2.51. The van der Waals surface area contributed by atoms with Crippen LogP contribution in [0.25, 0.3) is 0 Å². The van der Waals surface area contributed by atoms with Crippen molar-refractivity contribution in [1.82, 2.24) is 0 Å². The van der Waals surface area contributed by atoms with E-state index in [1.165, 1.54) is 38.5 Å². The van der Waals surface area contributed by atoms with Gasteiger partial charge in [0.15, 0.2) is 0 Å². The minimum absolute atomic E-state index is 0.976. The minimum Gasteiger partial charge on any atom is -0.0654 e. The standard InChI is InChI=1S/C16H30/c1-5-6-14-9-10-15-8-7-11(2)12(3)16(15)13(14)4/h11-16H,5-10H2,1-4H3. The zero-order chi connectivity index (χ0) is 11.7. The predicted octanol–water partition coefficient (Wildman–Crippen LogP) is 5.13. The summed E-state index contributed by atoms with van der Waals surface area (Å²) in [5.74, 6) is 6.12. The van der Waals surface area contributed by atoms with Crippen LogP contribution in [0.5, 0.6) is 0 Å². The molecule has 2 rings (SSSR count). The third-order valence-corrected chi connectivity index (χ3v) is 5.96. The van der Waals surface area contributed by atoms with E-state index in [9.17, 15) is 0 Å². The second kappa shape index (κ2) is 5.10. The Labute approximate surface area is 102 Å². The lowest BCUT2D eigenvalue weighted by Gasteiger charge is -2.50. The molecule has 0 saturated heterocycles. The number of rotatable bonds is 2. The van der Waals surface area contributed by atoms with Gasteiger partial charge in [-0.05, 0) is 54.8 Å². The number of fused-ring (bicyclic) bond motifs is 1. The summed E-state index contributed by atoms with van der Waals surface area (Å²) >= 11 is 0. The minimum atomic E-state index is 0.976. The fraction of sp³-hybridized carbons (Fsp3) is 1.00. The summed E-state index contributed by atoms with van der Waals surface area (Å²) < 4.78 is 0. The van der Waals surface area contributed by atoms with Crippen molar-refractivity contribution in [3.8, 4) is 0 Å². The first-order chi connectivity index (χ1) is 7.65. The van der Waals surface area contributed by atoms with E-state index in [4.69, 9.17) is 0 Å². The Balaban J connectivity index is 2.07. The van der Waals surface area contributed by atoms with Gasteiger partial charge in [-0.3, -0.25) is 0 Å². The summed E-state index contributed by atoms with van der Waals surface area (Å²) in [4.78, 5) is 0. The molecule has 0 spiro atoms. The van der Waals surface area contributed by atoms with Gasteiger partial charge in [0, 0.05) is 0 Å². The summed E-state index contributed by atoms with van der Waals surface area (Å²) in [6.07, 6.45) is 8.95. The average molecular weight is 222 g/mol. The average Bonchev–Trinajstić information content (AvgIpc) is 2.27. The van der Waals surface area contributed by atoms with Crippen LogP contribution in [-0.2, 0) is 0 Å². The van der Waals surface area contributed by atoms with E-state index in [1.807, 2.05) is 0 Å². The second-order valence-corrected chi connectivity index (χ2v) is 6.74. The lowest BCUT2D eigenvalue weighted by Crippen LogP contribution is -2.42. The van der Waals surface area contributed by atoms with E-state index < -0.39 is 0 Å². The molecule has 0 heterocycles. The van der Waals surface area contributed by atoms with Crippen molar-refractivity contribution < 1.29 is 0 Å². The molecule has 16 heavy (non-hydrogen) atoms. The SMILES string of the molecule is CCCC1CCC2CCC(C)C(C)C2C1C. The highest BCUT2D eigenvalue weighted by Gasteiger charge is 2.42. The molecule has 0 aromatic carbocycles.